The van der Waals surface area contributed by atoms with Crippen molar-refractivity contribution in [2.45, 2.75) is 137 Å². The molecule has 8 rings (SSSR count). The van der Waals surface area contributed by atoms with Gasteiger partial charge in [-0.3, -0.25) is 0 Å². The molecule has 0 nitrogen and oxygen atoms in total. The summed E-state index contributed by atoms with van der Waals surface area (Å²) in [5.41, 5.74) is 9.77. The average Bonchev–Trinajstić information content (AvgIpc) is 3.62. The van der Waals surface area contributed by atoms with Crippen molar-refractivity contribution < 1.29 is 0 Å². The van der Waals surface area contributed by atoms with Gasteiger partial charge in [-0.2, -0.15) is 0 Å². The fourth-order valence-corrected chi connectivity index (χ4v) is 13.4. The Morgan fingerprint density at radius 2 is 0.980 bits per heavy atom. The molecule has 0 heterocycles. The van der Waals surface area contributed by atoms with Gasteiger partial charge >= 0.3 is 0 Å². The summed E-state index contributed by atoms with van der Waals surface area (Å²) in [7, 11) is 0. The van der Waals surface area contributed by atoms with Gasteiger partial charge in [0.1, 0.15) is 0 Å². The van der Waals surface area contributed by atoms with Crippen LogP contribution in [0.25, 0.3) is 0 Å². The van der Waals surface area contributed by atoms with Gasteiger partial charge < -0.3 is 0 Å². The van der Waals surface area contributed by atoms with Crippen LogP contribution in [-0.2, 0) is 0 Å². The smallest absolute Gasteiger partial charge is 0.00907 e. The number of fused-ring (bicyclic) bond motifs is 2. The second-order valence-corrected chi connectivity index (χ2v) is 18.9. The van der Waals surface area contributed by atoms with Crippen LogP contribution in [0.1, 0.15) is 137 Å². The molecule has 0 amide bonds. The molecule has 4 fully saturated rings. The van der Waals surface area contributed by atoms with Gasteiger partial charge in [-0.1, -0.05) is 150 Å². The highest BCUT2D eigenvalue weighted by atomic mass is 14.6. The molecule has 0 saturated heterocycles. The van der Waals surface area contributed by atoms with E-state index in [2.05, 4.69) is 88.5 Å². The minimum absolute atomic E-state index is 0.665. The zero-order valence-electron chi connectivity index (χ0n) is 31.7. The largest absolute Gasteiger partial charge is 0.0805 e. The van der Waals surface area contributed by atoms with Gasteiger partial charge in [-0.25, -0.2) is 0 Å². The average molecular weight is 657 g/mol. The van der Waals surface area contributed by atoms with Crippen LogP contribution in [0.5, 0.6) is 0 Å². The van der Waals surface area contributed by atoms with Crippen LogP contribution in [0, 0.1) is 71.0 Å². The number of hydrogen-bond donors (Lipinski definition) is 0. The van der Waals surface area contributed by atoms with E-state index in [1.54, 1.807) is 22.3 Å². The molecule has 0 aromatic carbocycles. The number of rotatable bonds is 8. The Bertz CT molecular complexity index is 1340. The first kappa shape index (κ1) is 34.0. The van der Waals surface area contributed by atoms with Crippen LogP contribution in [0.4, 0.5) is 0 Å². The van der Waals surface area contributed by atoms with E-state index in [0.29, 0.717) is 11.8 Å². The quantitative estimate of drug-likeness (QED) is 0.244. The van der Waals surface area contributed by atoms with Gasteiger partial charge in [0, 0.05) is 0 Å². The van der Waals surface area contributed by atoms with Crippen LogP contribution < -0.4 is 0 Å². The van der Waals surface area contributed by atoms with Crippen molar-refractivity contribution in [1.29, 1.82) is 0 Å². The van der Waals surface area contributed by atoms with Crippen molar-refractivity contribution in [3.63, 3.8) is 0 Å². The van der Waals surface area contributed by atoms with Gasteiger partial charge in [0.25, 0.3) is 0 Å². The summed E-state index contributed by atoms with van der Waals surface area (Å²) < 4.78 is 0. The van der Waals surface area contributed by atoms with Crippen molar-refractivity contribution in [3.8, 4) is 0 Å². The van der Waals surface area contributed by atoms with E-state index >= 15 is 0 Å². The highest BCUT2D eigenvalue weighted by molar-refractivity contribution is 5.47. The molecular formula is C49H68. The third-order valence-corrected chi connectivity index (χ3v) is 15.2. The Morgan fingerprint density at radius 1 is 0.551 bits per heavy atom. The minimum atomic E-state index is 0.665. The maximum absolute atomic E-state index is 2.73. The fraction of sp³-hybridized carbons (Fsp3) is 0.673. The summed E-state index contributed by atoms with van der Waals surface area (Å²) in [6.07, 6.45) is 50.5. The Morgan fingerprint density at radius 3 is 1.39 bits per heavy atom. The van der Waals surface area contributed by atoms with E-state index in [9.17, 15) is 0 Å². The Kier molecular flexibility index (Phi) is 10.3. The topological polar surface area (TPSA) is 0 Å². The highest BCUT2D eigenvalue weighted by Gasteiger charge is 2.51. The van der Waals surface area contributed by atoms with Gasteiger partial charge in [-0.15, -0.1) is 0 Å². The standard InChI is InChI=1S/C49H68/c1-32-21-33(2)24-38(23-32)42-17-11-19-44-46(40(29-48(42)44)27-36-13-7-5-8-14-36)31-47-41(28-37-15-9-6-10-16-37)30-49-43(18-12-20-45(47)49)39-25-34(3)22-35(4)26-39/h11-12,17-23,25,33,35-37,40-41,44-49H,5-10,13-16,24,26-31H2,1-4H3/t33-,35+,40?,41?,44?,45?,46?,47?,48?,49?. The van der Waals surface area contributed by atoms with Gasteiger partial charge in [0.05, 0.1) is 0 Å². The summed E-state index contributed by atoms with van der Waals surface area (Å²) in [4.78, 5) is 0. The first-order valence-electron chi connectivity index (χ1n) is 21.4. The summed E-state index contributed by atoms with van der Waals surface area (Å²) >= 11 is 0. The molecule has 49 heavy (non-hydrogen) atoms. The minimum Gasteiger partial charge on any atom is -0.0805 e. The summed E-state index contributed by atoms with van der Waals surface area (Å²) in [6.45, 7) is 9.53. The molecule has 8 unspecified atom stereocenters. The van der Waals surface area contributed by atoms with Crippen LogP contribution in [0.15, 0.2) is 94.2 Å². The van der Waals surface area contributed by atoms with Crippen molar-refractivity contribution in [2.24, 2.45) is 71.0 Å². The fourth-order valence-electron chi connectivity index (χ4n) is 13.4. The normalized spacial score (nSPS) is 39.8. The summed E-state index contributed by atoms with van der Waals surface area (Å²) in [6, 6.07) is 0. The third kappa shape index (κ3) is 7.33. The molecular weight excluding hydrogens is 589 g/mol. The van der Waals surface area contributed by atoms with Crippen LogP contribution in [0.2, 0.25) is 0 Å². The molecule has 10 atom stereocenters. The van der Waals surface area contributed by atoms with E-state index in [0.717, 1.165) is 59.2 Å². The molecule has 0 radical (unpaired) electrons. The molecule has 0 aromatic rings. The lowest BCUT2D eigenvalue weighted by atomic mass is 9.68. The second kappa shape index (κ2) is 14.9. The van der Waals surface area contributed by atoms with E-state index in [-0.39, 0.29) is 0 Å². The van der Waals surface area contributed by atoms with Crippen molar-refractivity contribution in [1.82, 2.24) is 0 Å². The molecule has 264 valence electrons. The maximum atomic E-state index is 2.73. The van der Waals surface area contributed by atoms with Gasteiger partial charge in [0.2, 0.25) is 0 Å². The molecule has 8 aliphatic rings. The summed E-state index contributed by atoms with van der Waals surface area (Å²) in [5, 5.41) is 0. The highest BCUT2D eigenvalue weighted by Crippen LogP contribution is 2.60. The van der Waals surface area contributed by atoms with Crippen LogP contribution in [-0.4, -0.2) is 0 Å². The lowest BCUT2D eigenvalue weighted by Gasteiger charge is -2.37. The Labute approximate surface area is 301 Å². The SMILES string of the molecule is CC1=C[C@@H](C)CC(C2=CC=CC3C2CC(CC2CCCCC2)C3CC2C(CC3CCCCC3)CC3C(C4=CC(C)=C[C@H](C)C4)=CC=CC32)=C1. The van der Waals surface area contributed by atoms with Gasteiger partial charge in [-0.05, 0) is 152 Å². The molecule has 0 N–H and O–H groups in total. The van der Waals surface area contributed by atoms with E-state index in [4.69, 9.17) is 0 Å². The van der Waals surface area contributed by atoms with Crippen LogP contribution in [0.3, 0.4) is 0 Å². The van der Waals surface area contributed by atoms with Crippen molar-refractivity contribution >= 4 is 0 Å². The molecule has 0 bridgehead atoms. The molecule has 0 aliphatic heterocycles. The third-order valence-electron chi connectivity index (χ3n) is 15.2. The molecule has 0 aromatic heterocycles. The van der Waals surface area contributed by atoms with Crippen molar-refractivity contribution in [3.05, 3.63) is 94.2 Å². The maximum Gasteiger partial charge on any atom is -0.00907 e. The van der Waals surface area contributed by atoms with Crippen molar-refractivity contribution in [2.75, 3.05) is 0 Å². The first-order valence-corrected chi connectivity index (χ1v) is 21.4. The monoisotopic (exact) mass is 657 g/mol. The predicted octanol–water partition coefficient (Wildman–Crippen LogP) is 13.9. The molecule has 0 heteroatoms. The predicted molar refractivity (Wildman–Crippen MR) is 210 cm³/mol. The number of hydrogen-bond acceptors (Lipinski definition) is 0. The zero-order valence-corrected chi connectivity index (χ0v) is 31.7. The zero-order chi connectivity index (χ0) is 33.5. The van der Waals surface area contributed by atoms with Crippen LogP contribution >= 0.6 is 0 Å². The Hall–Kier alpha value is -2.08. The second-order valence-electron chi connectivity index (χ2n) is 18.9. The van der Waals surface area contributed by atoms with Gasteiger partial charge in [0.15, 0.2) is 0 Å². The summed E-state index contributed by atoms with van der Waals surface area (Å²) in [5.74, 6) is 9.74. The lowest BCUT2D eigenvalue weighted by Crippen LogP contribution is -2.28. The molecule has 0 spiro atoms. The van der Waals surface area contributed by atoms with E-state index in [1.165, 1.54) is 120 Å². The lowest BCUT2D eigenvalue weighted by molar-refractivity contribution is 0.163. The molecule has 4 saturated carbocycles. The van der Waals surface area contributed by atoms with E-state index < -0.39 is 0 Å². The molecule has 8 aliphatic carbocycles. The number of allylic oxidation sites excluding steroid dienone is 16. The van der Waals surface area contributed by atoms with E-state index in [1.807, 2.05) is 0 Å². The first-order chi connectivity index (χ1) is 23.9. The Balaban J connectivity index is 1.10.